The number of hydrogen-bond acceptors (Lipinski definition) is 4. The number of anilines is 1. The summed E-state index contributed by atoms with van der Waals surface area (Å²) in [5.41, 5.74) is 5.55. The van der Waals surface area contributed by atoms with Gasteiger partial charge in [-0.2, -0.15) is 4.98 Å². The second kappa shape index (κ2) is 3.96. The lowest BCUT2D eigenvalue weighted by Crippen LogP contribution is -2.60. The standard InChI is InChI=1S/C14H21N5O/c1-19(12(20)11-16-13(15)18-17-11)14-5-8-2-9(6-14)4-10(3-8)7-14/h8-10H,2-7H2,1H3,(H3,15,16,17,18). The second-order valence-corrected chi connectivity index (χ2v) is 7.05. The van der Waals surface area contributed by atoms with E-state index in [0.717, 1.165) is 37.0 Å². The van der Waals surface area contributed by atoms with E-state index in [9.17, 15) is 4.79 Å². The van der Waals surface area contributed by atoms with Crippen molar-refractivity contribution in [3.63, 3.8) is 0 Å². The van der Waals surface area contributed by atoms with Crippen molar-refractivity contribution in [3.8, 4) is 0 Å². The molecule has 4 aliphatic rings. The molecule has 4 aliphatic carbocycles. The lowest BCUT2D eigenvalue weighted by Gasteiger charge is -2.59. The third-order valence-corrected chi connectivity index (χ3v) is 5.73. The molecule has 108 valence electrons. The maximum atomic E-state index is 12.6. The molecule has 3 N–H and O–H groups in total. The number of aromatic amines is 1. The van der Waals surface area contributed by atoms with Crippen LogP contribution in [0.2, 0.25) is 0 Å². The van der Waals surface area contributed by atoms with Crippen molar-refractivity contribution in [2.75, 3.05) is 12.8 Å². The lowest BCUT2D eigenvalue weighted by atomic mass is 9.52. The highest BCUT2D eigenvalue weighted by Crippen LogP contribution is 2.57. The topological polar surface area (TPSA) is 87.9 Å². The van der Waals surface area contributed by atoms with E-state index in [-0.39, 0.29) is 23.2 Å². The summed E-state index contributed by atoms with van der Waals surface area (Å²) in [5.74, 6) is 2.77. The van der Waals surface area contributed by atoms with E-state index in [2.05, 4.69) is 15.2 Å². The summed E-state index contributed by atoms with van der Waals surface area (Å²) >= 11 is 0. The number of nitrogen functional groups attached to an aromatic ring is 1. The van der Waals surface area contributed by atoms with Crippen molar-refractivity contribution >= 4 is 11.9 Å². The first-order valence-corrected chi connectivity index (χ1v) is 7.52. The van der Waals surface area contributed by atoms with Crippen molar-refractivity contribution in [2.24, 2.45) is 17.8 Å². The maximum absolute atomic E-state index is 12.6. The van der Waals surface area contributed by atoms with Gasteiger partial charge in [0.05, 0.1) is 0 Å². The SMILES string of the molecule is CN(C(=O)c1nc(N)n[nH]1)C12CC3CC(CC(C3)C1)C2. The fraction of sp³-hybridized carbons (Fsp3) is 0.786. The number of aromatic nitrogens is 3. The van der Waals surface area contributed by atoms with Crippen LogP contribution in [-0.4, -0.2) is 38.6 Å². The molecule has 1 amide bonds. The largest absolute Gasteiger partial charge is 0.366 e. The van der Waals surface area contributed by atoms with Crippen molar-refractivity contribution in [1.82, 2.24) is 20.1 Å². The monoisotopic (exact) mass is 275 g/mol. The Kier molecular flexibility index (Phi) is 2.41. The Morgan fingerprint density at radius 3 is 2.25 bits per heavy atom. The quantitative estimate of drug-likeness (QED) is 0.854. The zero-order valence-corrected chi connectivity index (χ0v) is 11.8. The molecule has 1 heterocycles. The summed E-state index contributed by atoms with van der Waals surface area (Å²) in [5, 5.41) is 6.40. The minimum atomic E-state index is -0.0730. The van der Waals surface area contributed by atoms with Crippen molar-refractivity contribution in [3.05, 3.63) is 5.82 Å². The molecular formula is C14H21N5O. The smallest absolute Gasteiger partial charge is 0.291 e. The fourth-order valence-corrected chi connectivity index (χ4v) is 5.22. The van der Waals surface area contributed by atoms with Crippen molar-refractivity contribution in [2.45, 2.75) is 44.1 Å². The van der Waals surface area contributed by atoms with Crippen molar-refractivity contribution in [1.29, 1.82) is 0 Å². The molecule has 4 saturated carbocycles. The van der Waals surface area contributed by atoms with Gasteiger partial charge in [0.1, 0.15) is 0 Å². The van der Waals surface area contributed by atoms with E-state index in [0.29, 0.717) is 0 Å². The number of carbonyl (C=O) groups excluding carboxylic acids is 1. The fourth-order valence-electron chi connectivity index (χ4n) is 5.22. The highest BCUT2D eigenvalue weighted by Gasteiger charge is 2.54. The number of nitrogens with zero attached hydrogens (tertiary/aromatic N) is 3. The van der Waals surface area contributed by atoms with Crippen LogP contribution in [0.25, 0.3) is 0 Å². The molecule has 5 rings (SSSR count). The summed E-state index contributed by atoms with van der Waals surface area (Å²) in [6.07, 6.45) is 7.59. The first-order chi connectivity index (χ1) is 9.56. The third kappa shape index (κ3) is 1.66. The molecule has 20 heavy (non-hydrogen) atoms. The van der Waals surface area contributed by atoms with Gasteiger partial charge in [-0.25, -0.2) is 0 Å². The van der Waals surface area contributed by atoms with E-state index in [1.165, 1.54) is 19.3 Å². The average molecular weight is 275 g/mol. The van der Waals surface area contributed by atoms with Crippen LogP contribution in [-0.2, 0) is 0 Å². The van der Waals surface area contributed by atoms with Gasteiger partial charge in [0.25, 0.3) is 5.91 Å². The van der Waals surface area contributed by atoms with Gasteiger partial charge in [-0.1, -0.05) is 0 Å². The molecular weight excluding hydrogens is 254 g/mol. The van der Waals surface area contributed by atoms with Crippen molar-refractivity contribution < 1.29 is 4.79 Å². The Labute approximate surface area is 118 Å². The predicted octanol–water partition coefficient (Wildman–Crippen LogP) is 1.43. The Balaban J connectivity index is 1.61. The van der Waals surface area contributed by atoms with E-state index < -0.39 is 0 Å². The van der Waals surface area contributed by atoms with Gasteiger partial charge in [-0.15, -0.1) is 5.10 Å². The molecule has 0 radical (unpaired) electrons. The summed E-state index contributed by atoms with van der Waals surface area (Å²) < 4.78 is 0. The third-order valence-electron chi connectivity index (χ3n) is 5.73. The Bertz CT molecular complexity index is 516. The van der Waals surface area contributed by atoms with Crippen LogP contribution in [0.15, 0.2) is 0 Å². The van der Waals surface area contributed by atoms with E-state index >= 15 is 0 Å². The number of carbonyl (C=O) groups is 1. The van der Waals surface area contributed by atoms with Crippen LogP contribution < -0.4 is 5.73 Å². The highest BCUT2D eigenvalue weighted by molar-refractivity contribution is 5.91. The van der Waals surface area contributed by atoms with E-state index in [1.54, 1.807) is 0 Å². The second-order valence-electron chi connectivity index (χ2n) is 7.05. The molecule has 4 fully saturated rings. The molecule has 6 heteroatoms. The van der Waals surface area contributed by atoms with Gasteiger partial charge in [0, 0.05) is 12.6 Å². The Hall–Kier alpha value is -1.59. The van der Waals surface area contributed by atoms with Crippen LogP contribution >= 0.6 is 0 Å². The lowest BCUT2D eigenvalue weighted by molar-refractivity contribution is -0.0668. The summed E-state index contributed by atoms with van der Waals surface area (Å²) in [4.78, 5) is 18.5. The molecule has 1 aromatic rings. The summed E-state index contributed by atoms with van der Waals surface area (Å²) in [6.45, 7) is 0. The van der Waals surface area contributed by atoms with Gasteiger partial charge in [0.2, 0.25) is 11.8 Å². The van der Waals surface area contributed by atoms with Gasteiger partial charge in [0.15, 0.2) is 0 Å². The molecule has 0 saturated heterocycles. The van der Waals surface area contributed by atoms with Gasteiger partial charge >= 0.3 is 0 Å². The maximum Gasteiger partial charge on any atom is 0.291 e. The first kappa shape index (κ1) is 12.2. The molecule has 6 nitrogen and oxygen atoms in total. The minimum Gasteiger partial charge on any atom is -0.366 e. The zero-order valence-electron chi connectivity index (χ0n) is 11.8. The minimum absolute atomic E-state index is 0.0490. The zero-order chi connectivity index (χ0) is 13.9. The number of H-pyrrole nitrogens is 1. The Morgan fingerprint density at radius 2 is 1.80 bits per heavy atom. The van der Waals surface area contributed by atoms with Crippen LogP contribution in [0.4, 0.5) is 5.95 Å². The normalized spacial score (nSPS) is 38.1. The summed E-state index contributed by atoms with van der Waals surface area (Å²) in [7, 11) is 1.92. The number of amides is 1. The van der Waals surface area contributed by atoms with Gasteiger partial charge in [-0.3, -0.25) is 9.89 Å². The van der Waals surface area contributed by atoms with Crippen LogP contribution in [0, 0.1) is 17.8 Å². The average Bonchev–Trinajstić information content (AvgIpc) is 2.82. The van der Waals surface area contributed by atoms with Gasteiger partial charge < -0.3 is 10.6 Å². The first-order valence-electron chi connectivity index (χ1n) is 7.52. The number of rotatable bonds is 2. The summed E-state index contributed by atoms with van der Waals surface area (Å²) in [6, 6.07) is 0. The molecule has 4 bridgehead atoms. The van der Waals surface area contributed by atoms with E-state index in [4.69, 9.17) is 5.73 Å². The Morgan fingerprint density at radius 1 is 1.25 bits per heavy atom. The van der Waals surface area contributed by atoms with Gasteiger partial charge in [-0.05, 0) is 56.3 Å². The highest BCUT2D eigenvalue weighted by atomic mass is 16.2. The molecule has 1 aromatic heterocycles. The van der Waals surface area contributed by atoms with Crippen LogP contribution in [0.5, 0.6) is 0 Å². The molecule has 0 atom stereocenters. The molecule has 0 aromatic carbocycles. The number of nitrogens with one attached hydrogen (secondary N) is 1. The van der Waals surface area contributed by atoms with Crippen LogP contribution in [0.3, 0.4) is 0 Å². The van der Waals surface area contributed by atoms with Crippen LogP contribution in [0.1, 0.15) is 49.1 Å². The predicted molar refractivity (Wildman–Crippen MR) is 73.8 cm³/mol. The van der Waals surface area contributed by atoms with E-state index in [1.807, 2.05) is 11.9 Å². The number of nitrogens with two attached hydrogens (primary N) is 1. The molecule has 0 unspecified atom stereocenters. The number of hydrogen-bond donors (Lipinski definition) is 2. The molecule has 0 spiro atoms. The molecule has 0 aliphatic heterocycles.